The van der Waals surface area contributed by atoms with Crippen molar-refractivity contribution in [1.29, 1.82) is 0 Å². The Bertz CT molecular complexity index is 581. The predicted octanol–water partition coefficient (Wildman–Crippen LogP) is 0.254. The lowest BCUT2D eigenvalue weighted by molar-refractivity contribution is -0.135. The molecule has 1 aromatic carbocycles. The number of hydrogen-bond acceptors (Lipinski definition) is 5. The number of amides is 1. The first-order valence-electron chi connectivity index (χ1n) is 7.30. The highest BCUT2D eigenvalue weighted by Crippen LogP contribution is 2.09. The van der Waals surface area contributed by atoms with Crippen LogP contribution in [0.25, 0.3) is 0 Å². The summed E-state index contributed by atoms with van der Waals surface area (Å²) in [6.07, 6.45) is 1.24. The average molecular weight is 326 g/mol. The van der Waals surface area contributed by atoms with Gasteiger partial charge >= 0.3 is 0 Å². The molecule has 1 fully saturated rings. The van der Waals surface area contributed by atoms with Gasteiger partial charge in [0.05, 0.1) is 5.75 Å². The number of para-hydroxylation sites is 1. The Morgan fingerprint density at radius 1 is 1.14 bits per heavy atom. The van der Waals surface area contributed by atoms with Crippen LogP contribution in [0.2, 0.25) is 0 Å². The van der Waals surface area contributed by atoms with E-state index in [0.29, 0.717) is 38.5 Å². The summed E-state index contributed by atoms with van der Waals surface area (Å²) >= 11 is 0. The molecular formula is C15H22N2O4S. The molecule has 2 rings (SSSR count). The van der Waals surface area contributed by atoms with Gasteiger partial charge in [0.25, 0.3) is 5.91 Å². The fourth-order valence-corrected chi connectivity index (χ4v) is 2.86. The molecule has 0 aliphatic carbocycles. The van der Waals surface area contributed by atoms with Gasteiger partial charge in [0.15, 0.2) is 6.61 Å². The highest BCUT2D eigenvalue weighted by atomic mass is 32.2. The third kappa shape index (κ3) is 5.65. The zero-order chi connectivity index (χ0) is 16.0. The lowest BCUT2D eigenvalue weighted by atomic mass is 10.3. The first-order valence-corrected chi connectivity index (χ1v) is 9.36. The summed E-state index contributed by atoms with van der Waals surface area (Å²) in [5.74, 6) is 0.812. The van der Waals surface area contributed by atoms with Crippen LogP contribution in [-0.2, 0) is 14.6 Å². The van der Waals surface area contributed by atoms with Crippen molar-refractivity contribution in [1.82, 2.24) is 9.80 Å². The van der Waals surface area contributed by atoms with E-state index in [4.69, 9.17) is 4.74 Å². The smallest absolute Gasteiger partial charge is 0.260 e. The van der Waals surface area contributed by atoms with E-state index in [0.717, 1.165) is 0 Å². The molecule has 0 N–H and O–H groups in total. The fraction of sp³-hybridized carbons (Fsp3) is 0.533. The maximum absolute atomic E-state index is 12.1. The summed E-state index contributed by atoms with van der Waals surface area (Å²) in [5, 5.41) is 0. The van der Waals surface area contributed by atoms with Crippen LogP contribution < -0.4 is 4.74 Å². The number of carbonyl (C=O) groups is 1. The van der Waals surface area contributed by atoms with E-state index in [1.165, 1.54) is 6.26 Å². The average Bonchev–Trinajstić information content (AvgIpc) is 2.51. The molecule has 0 radical (unpaired) electrons. The number of sulfone groups is 1. The molecule has 1 aliphatic heterocycles. The summed E-state index contributed by atoms with van der Waals surface area (Å²) in [6.45, 7) is 3.19. The molecule has 6 nitrogen and oxygen atoms in total. The summed E-state index contributed by atoms with van der Waals surface area (Å²) in [5.41, 5.74) is 0. The molecule has 1 amide bonds. The maximum atomic E-state index is 12.1. The third-order valence-electron chi connectivity index (χ3n) is 3.61. The molecule has 0 unspecified atom stereocenters. The summed E-state index contributed by atoms with van der Waals surface area (Å²) in [6, 6.07) is 9.25. The molecular weight excluding hydrogens is 304 g/mol. The van der Waals surface area contributed by atoms with Crippen molar-refractivity contribution in [3.63, 3.8) is 0 Å². The molecule has 0 spiro atoms. The highest BCUT2D eigenvalue weighted by Gasteiger charge is 2.21. The fourth-order valence-electron chi connectivity index (χ4n) is 2.27. The van der Waals surface area contributed by atoms with Crippen LogP contribution in [0, 0.1) is 0 Å². The van der Waals surface area contributed by atoms with Gasteiger partial charge in [-0.1, -0.05) is 18.2 Å². The van der Waals surface area contributed by atoms with E-state index in [9.17, 15) is 13.2 Å². The Kier molecular flexibility index (Phi) is 5.79. The van der Waals surface area contributed by atoms with E-state index >= 15 is 0 Å². The van der Waals surface area contributed by atoms with Crippen molar-refractivity contribution in [2.45, 2.75) is 0 Å². The Morgan fingerprint density at radius 3 is 2.36 bits per heavy atom. The van der Waals surface area contributed by atoms with Gasteiger partial charge in [-0.25, -0.2) is 8.42 Å². The maximum Gasteiger partial charge on any atom is 0.260 e. The van der Waals surface area contributed by atoms with E-state index in [1.807, 2.05) is 30.3 Å². The number of benzene rings is 1. The second kappa shape index (κ2) is 7.60. The molecule has 0 aromatic heterocycles. The molecule has 1 heterocycles. The van der Waals surface area contributed by atoms with E-state index in [1.54, 1.807) is 4.90 Å². The molecule has 122 valence electrons. The van der Waals surface area contributed by atoms with Gasteiger partial charge in [-0.05, 0) is 12.1 Å². The molecule has 22 heavy (non-hydrogen) atoms. The van der Waals surface area contributed by atoms with Crippen molar-refractivity contribution in [2.75, 3.05) is 51.3 Å². The number of piperazine rings is 1. The Hall–Kier alpha value is -1.60. The van der Waals surface area contributed by atoms with Crippen molar-refractivity contribution in [3.05, 3.63) is 30.3 Å². The van der Waals surface area contributed by atoms with Crippen LogP contribution >= 0.6 is 0 Å². The van der Waals surface area contributed by atoms with Gasteiger partial charge in [-0.2, -0.15) is 0 Å². The van der Waals surface area contributed by atoms with Crippen LogP contribution in [0.3, 0.4) is 0 Å². The third-order valence-corrected chi connectivity index (χ3v) is 4.53. The van der Waals surface area contributed by atoms with Crippen molar-refractivity contribution < 1.29 is 17.9 Å². The van der Waals surface area contributed by atoms with Crippen LogP contribution in [0.1, 0.15) is 0 Å². The molecule has 0 atom stereocenters. The van der Waals surface area contributed by atoms with Crippen molar-refractivity contribution in [2.24, 2.45) is 0 Å². The minimum atomic E-state index is -2.93. The van der Waals surface area contributed by atoms with Crippen molar-refractivity contribution >= 4 is 15.7 Å². The number of carbonyl (C=O) groups excluding carboxylic acids is 1. The van der Waals surface area contributed by atoms with Crippen LogP contribution in [-0.4, -0.2) is 75.5 Å². The first-order chi connectivity index (χ1) is 10.4. The van der Waals surface area contributed by atoms with Gasteiger partial charge in [0.2, 0.25) is 0 Å². The van der Waals surface area contributed by atoms with E-state index < -0.39 is 9.84 Å². The minimum absolute atomic E-state index is 0.0351. The summed E-state index contributed by atoms with van der Waals surface area (Å²) < 4.78 is 27.8. The van der Waals surface area contributed by atoms with E-state index in [-0.39, 0.29) is 18.3 Å². The van der Waals surface area contributed by atoms with Crippen molar-refractivity contribution in [3.8, 4) is 5.75 Å². The molecule has 1 saturated heterocycles. The SMILES string of the molecule is CS(=O)(=O)CCN1CCN(C(=O)COc2ccccc2)CC1. The van der Waals surface area contributed by atoms with Gasteiger partial charge in [-0.3, -0.25) is 9.69 Å². The molecule has 1 aromatic rings. The Balaban J connectivity index is 1.71. The second-order valence-electron chi connectivity index (χ2n) is 5.45. The quantitative estimate of drug-likeness (QED) is 0.750. The Morgan fingerprint density at radius 2 is 1.77 bits per heavy atom. The zero-order valence-corrected chi connectivity index (χ0v) is 13.6. The van der Waals surface area contributed by atoms with Crippen LogP contribution in [0.4, 0.5) is 0 Å². The number of ether oxygens (including phenoxy) is 1. The first kappa shape index (κ1) is 16.8. The highest BCUT2D eigenvalue weighted by molar-refractivity contribution is 7.90. The van der Waals surface area contributed by atoms with Gasteiger partial charge < -0.3 is 9.64 Å². The second-order valence-corrected chi connectivity index (χ2v) is 7.71. The monoisotopic (exact) mass is 326 g/mol. The number of hydrogen-bond donors (Lipinski definition) is 0. The molecule has 0 bridgehead atoms. The number of rotatable bonds is 6. The molecule has 0 saturated carbocycles. The van der Waals surface area contributed by atoms with Gasteiger partial charge in [0.1, 0.15) is 15.6 Å². The Labute approximate surface area is 131 Å². The number of nitrogens with zero attached hydrogens (tertiary/aromatic N) is 2. The van der Waals surface area contributed by atoms with Crippen LogP contribution in [0.5, 0.6) is 5.75 Å². The topological polar surface area (TPSA) is 66.9 Å². The minimum Gasteiger partial charge on any atom is -0.484 e. The summed E-state index contributed by atoms with van der Waals surface area (Å²) in [4.78, 5) is 15.9. The lowest BCUT2D eigenvalue weighted by Gasteiger charge is -2.34. The molecule has 1 aliphatic rings. The normalized spacial score (nSPS) is 16.5. The standard InChI is InChI=1S/C15H22N2O4S/c1-22(19,20)12-11-16-7-9-17(10-8-16)15(18)13-21-14-5-3-2-4-6-14/h2-6H,7-13H2,1H3. The van der Waals surface area contributed by atoms with Gasteiger partial charge in [-0.15, -0.1) is 0 Å². The lowest BCUT2D eigenvalue weighted by Crippen LogP contribution is -2.50. The summed E-state index contributed by atoms with van der Waals surface area (Å²) in [7, 11) is -2.93. The molecule has 7 heteroatoms. The zero-order valence-electron chi connectivity index (χ0n) is 12.8. The van der Waals surface area contributed by atoms with Crippen LogP contribution in [0.15, 0.2) is 30.3 Å². The van der Waals surface area contributed by atoms with Gasteiger partial charge in [0, 0.05) is 39.0 Å². The predicted molar refractivity (Wildman–Crippen MR) is 84.7 cm³/mol. The largest absolute Gasteiger partial charge is 0.484 e. The van der Waals surface area contributed by atoms with E-state index in [2.05, 4.69) is 4.90 Å².